The Hall–Kier alpha value is -1.67. The van der Waals surface area contributed by atoms with Gasteiger partial charge < -0.3 is 0 Å². The molecule has 4 rings (SSSR count). The average Bonchev–Trinajstić information content (AvgIpc) is 2.56. The maximum Gasteiger partial charge on any atom is 0.155 e. The topological polar surface area (TPSA) is 17.1 Å². The lowest BCUT2D eigenvalue weighted by Gasteiger charge is -2.44. The molecule has 0 saturated heterocycles. The summed E-state index contributed by atoms with van der Waals surface area (Å²) in [6.45, 7) is 0. The predicted octanol–water partition coefficient (Wildman–Crippen LogP) is 5.17. The maximum absolute atomic E-state index is 12.0. The first-order valence-corrected chi connectivity index (χ1v) is 9.03. The van der Waals surface area contributed by atoms with Crippen molar-refractivity contribution in [2.24, 2.45) is 0 Å². The molecule has 0 saturated carbocycles. The van der Waals surface area contributed by atoms with Crippen LogP contribution in [0.5, 0.6) is 0 Å². The highest BCUT2D eigenvalue weighted by Crippen LogP contribution is 2.49. The molecule has 2 aromatic rings. The summed E-state index contributed by atoms with van der Waals surface area (Å²) in [6, 6.07) is 17.4. The van der Waals surface area contributed by atoms with E-state index in [0.29, 0.717) is 12.2 Å². The second-order valence-corrected chi connectivity index (χ2v) is 7.60. The van der Waals surface area contributed by atoms with Crippen molar-refractivity contribution >= 4 is 21.7 Å². The Kier molecular flexibility index (Phi) is 3.73. The molecule has 2 aliphatic rings. The van der Waals surface area contributed by atoms with Gasteiger partial charge in [-0.2, -0.15) is 0 Å². The van der Waals surface area contributed by atoms with Gasteiger partial charge in [-0.25, -0.2) is 0 Å². The van der Waals surface area contributed by atoms with Gasteiger partial charge in [0.25, 0.3) is 0 Å². The van der Waals surface area contributed by atoms with Crippen LogP contribution in [0.1, 0.15) is 36.0 Å². The zero-order valence-electron chi connectivity index (χ0n) is 13.0. The molecule has 0 aromatic heterocycles. The fourth-order valence-electron chi connectivity index (χ4n) is 4.27. The number of hydrogen-bond acceptors (Lipinski definition) is 1. The Balaban J connectivity index is 1.88. The van der Waals surface area contributed by atoms with E-state index >= 15 is 0 Å². The average molecular weight is 367 g/mol. The Morgan fingerprint density at radius 3 is 2.65 bits per heavy atom. The van der Waals surface area contributed by atoms with Gasteiger partial charge in [-0.1, -0.05) is 57.9 Å². The third kappa shape index (κ3) is 2.59. The molecular weight excluding hydrogens is 348 g/mol. The summed E-state index contributed by atoms with van der Waals surface area (Å²) in [4.78, 5) is 12.0. The van der Waals surface area contributed by atoms with Crippen molar-refractivity contribution in [1.82, 2.24) is 0 Å². The zero-order chi connectivity index (χ0) is 15.9. The Morgan fingerprint density at radius 1 is 1.00 bits per heavy atom. The van der Waals surface area contributed by atoms with Gasteiger partial charge in [0.1, 0.15) is 0 Å². The van der Waals surface area contributed by atoms with Crippen LogP contribution in [0.15, 0.2) is 64.7 Å². The highest BCUT2D eigenvalue weighted by atomic mass is 79.9. The fraction of sp³-hybridized carbons (Fsp3) is 0.286. The number of aryl methyl sites for hydroxylation is 1. The quantitative estimate of drug-likeness (QED) is 0.716. The van der Waals surface area contributed by atoms with Crippen LogP contribution in [0.25, 0.3) is 0 Å². The summed E-state index contributed by atoms with van der Waals surface area (Å²) in [5, 5.41) is 0. The highest BCUT2D eigenvalue weighted by molar-refractivity contribution is 9.10. The van der Waals surface area contributed by atoms with E-state index in [4.69, 9.17) is 0 Å². The predicted molar refractivity (Wildman–Crippen MR) is 96.6 cm³/mol. The van der Waals surface area contributed by atoms with Gasteiger partial charge in [-0.3, -0.25) is 4.79 Å². The van der Waals surface area contributed by atoms with Crippen LogP contribution in [-0.2, 0) is 23.1 Å². The molecule has 1 nitrogen and oxygen atoms in total. The van der Waals surface area contributed by atoms with Gasteiger partial charge >= 0.3 is 0 Å². The van der Waals surface area contributed by atoms with Crippen molar-refractivity contribution in [3.05, 3.63) is 81.3 Å². The molecule has 2 heteroatoms. The van der Waals surface area contributed by atoms with Crippen LogP contribution < -0.4 is 0 Å². The monoisotopic (exact) mass is 366 g/mol. The molecule has 2 aliphatic carbocycles. The van der Waals surface area contributed by atoms with Gasteiger partial charge in [0.05, 0.1) is 0 Å². The first-order chi connectivity index (χ1) is 11.2. The SMILES string of the molecule is O=C1C=C2CCc3cc(Br)ccc3C2(Cc2ccccc2)CC1. The molecule has 0 bridgehead atoms. The molecule has 1 unspecified atom stereocenters. The lowest BCUT2D eigenvalue weighted by Crippen LogP contribution is -2.39. The summed E-state index contributed by atoms with van der Waals surface area (Å²) in [5.74, 6) is 0.296. The largest absolute Gasteiger partial charge is 0.295 e. The number of hydrogen-bond donors (Lipinski definition) is 0. The van der Waals surface area contributed by atoms with E-state index in [1.54, 1.807) is 0 Å². The summed E-state index contributed by atoms with van der Waals surface area (Å²) in [6.07, 6.45) is 6.55. The normalized spacial score (nSPS) is 23.0. The highest BCUT2D eigenvalue weighted by Gasteiger charge is 2.42. The smallest absolute Gasteiger partial charge is 0.155 e. The van der Waals surface area contributed by atoms with Gasteiger partial charge in [0.15, 0.2) is 5.78 Å². The Morgan fingerprint density at radius 2 is 1.83 bits per heavy atom. The molecule has 0 radical (unpaired) electrons. The van der Waals surface area contributed by atoms with E-state index in [2.05, 4.69) is 64.5 Å². The third-order valence-electron chi connectivity index (χ3n) is 5.34. The van der Waals surface area contributed by atoms with Gasteiger partial charge in [0, 0.05) is 16.3 Å². The minimum Gasteiger partial charge on any atom is -0.295 e. The van der Waals surface area contributed by atoms with Crippen molar-refractivity contribution < 1.29 is 4.79 Å². The van der Waals surface area contributed by atoms with Crippen LogP contribution in [0.4, 0.5) is 0 Å². The van der Waals surface area contributed by atoms with E-state index in [1.165, 1.54) is 22.3 Å². The summed E-state index contributed by atoms with van der Waals surface area (Å²) in [7, 11) is 0. The van der Waals surface area contributed by atoms with Crippen LogP contribution >= 0.6 is 15.9 Å². The minimum absolute atomic E-state index is 0.00352. The van der Waals surface area contributed by atoms with E-state index in [-0.39, 0.29) is 5.41 Å². The molecule has 1 atom stereocenters. The number of rotatable bonds is 2. The molecule has 0 N–H and O–H groups in total. The van der Waals surface area contributed by atoms with Crippen molar-refractivity contribution in [3.63, 3.8) is 0 Å². The number of carbonyl (C=O) groups is 1. The van der Waals surface area contributed by atoms with Crippen molar-refractivity contribution in [3.8, 4) is 0 Å². The van der Waals surface area contributed by atoms with E-state index in [1.807, 2.05) is 6.08 Å². The molecule has 0 fully saturated rings. The molecule has 116 valence electrons. The molecule has 2 aromatic carbocycles. The van der Waals surface area contributed by atoms with Crippen molar-refractivity contribution in [2.45, 2.75) is 37.5 Å². The van der Waals surface area contributed by atoms with Gasteiger partial charge in [-0.15, -0.1) is 0 Å². The number of ketones is 1. The Bertz CT molecular complexity index is 791. The molecule has 0 heterocycles. The van der Waals surface area contributed by atoms with E-state index in [0.717, 1.165) is 30.2 Å². The number of carbonyl (C=O) groups excluding carboxylic acids is 1. The van der Waals surface area contributed by atoms with Crippen LogP contribution in [0.3, 0.4) is 0 Å². The van der Waals surface area contributed by atoms with Gasteiger partial charge in [0.2, 0.25) is 0 Å². The first kappa shape index (κ1) is 14.9. The third-order valence-corrected chi connectivity index (χ3v) is 5.84. The van der Waals surface area contributed by atoms with E-state index < -0.39 is 0 Å². The molecule has 0 spiro atoms. The molecule has 0 aliphatic heterocycles. The minimum atomic E-state index is 0.00352. The number of fused-ring (bicyclic) bond motifs is 3. The summed E-state index contributed by atoms with van der Waals surface area (Å²) >= 11 is 3.60. The maximum atomic E-state index is 12.0. The van der Waals surface area contributed by atoms with Gasteiger partial charge in [-0.05, 0) is 60.6 Å². The first-order valence-electron chi connectivity index (χ1n) is 8.24. The number of allylic oxidation sites excluding steroid dienone is 2. The standard InChI is InChI=1S/C21H19BrO/c22-18-8-9-20-16(12-18)6-7-17-13-19(23)10-11-21(17,20)14-15-4-2-1-3-5-15/h1-5,8-9,12-13H,6-7,10-11,14H2. The van der Waals surface area contributed by atoms with Crippen LogP contribution in [0, 0.1) is 0 Å². The van der Waals surface area contributed by atoms with E-state index in [9.17, 15) is 4.79 Å². The van der Waals surface area contributed by atoms with Crippen molar-refractivity contribution in [2.75, 3.05) is 0 Å². The summed E-state index contributed by atoms with van der Waals surface area (Å²) in [5.41, 5.74) is 5.55. The lowest BCUT2D eigenvalue weighted by molar-refractivity contribution is -0.115. The Labute approximate surface area is 145 Å². The van der Waals surface area contributed by atoms with Crippen LogP contribution in [0.2, 0.25) is 0 Å². The zero-order valence-corrected chi connectivity index (χ0v) is 14.6. The number of benzene rings is 2. The van der Waals surface area contributed by atoms with Crippen LogP contribution in [-0.4, -0.2) is 5.78 Å². The second-order valence-electron chi connectivity index (χ2n) is 6.68. The number of halogens is 1. The summed E-state index contributed by atoms with van der Waals surface area (Å²) < 4.78 is 1.14. The lowest BCUT2D eigenvalue weighted by atomic mass is 9.59. The molecule has 23 heavy (non-hydrogen) atoms. The van der Waals surface area contributed by atoms with Crippen molar-refractivity contribution in [1.29, 1.82) is 0 Å². The second kappa shape index (κ2) is 5.76. The fourth-order valence-corrected chi connectivity index (χ4v) is 4.68. The molecular formula is C21H19BrO. The molecule has 0 amide bonds.